The van der Waals surface area contributed by atoms with Crippen LogP contribution in [0.25, 0.3) is 27.7 Å². The smallest absolute Gasteiger partial charge is 0.126 e. The summed E-state index contributed by atoms with van der Waals surface area (Å²) < 4.78 is 18.7. The highest BCUT2D eigenvalue weighted by Gasteiger charge is 2.08. The van der Waals surface area contributed by atoms with Crippen molar-refractivity contribution in [1.82, 2.24) is 14.5 Å². The maximum Gasteiger partial charge on any atom is 0.126 e. The van der Waals surface area contributed by atoms with Crippen molar-refractivity contribution >= 4 is 22.9 Å². The van der Waals surface area contributed by atoms with Gasteiger partial charge in [-0.05, 0) is 79.0 Å². The minimum Gasteiger partial charge on any atom is -0.263 e. The van der Waals surface area contributed by atoms with E-state index in [-0.39, 0.29) is 5.82 Å². The van der Waals surface area contributed by atoms with Crippen LogP contribution in [0.3, 0.4) is 0 Å². The first-order chi connectivity index (χ1) is 12.7. The number of rotatable bonds is 4. The fraction of sp³-hybridized carbons (Fsp3) is 0.0952. The van der Waals surface area contributed by atoms with Gasteiger partial charge in [-0.25, -0.2) is 9.07 Å². The molecular formula is C21H18FN3S. The molecule has 0 amide bonds. The van der Waals surface area contributed by atoms with Gasteiger partial charge in [0.15, 0.2) is 0 Å². The molecule has 0 saturated heterocycles. The molecule has 0 unspecified atom stereocenters. The molecule has 0 bridgehead atoms. The van der Waals surface area contributed by atoms with Crippen LogP contribution in [0.4, 0.5) is 4.39 Å². The molecule has 0 fully saturated rings. The monoisotopic (exact) mass is 363 g/mol. The van der Waals surface area contributed by atoms with E-state index >= 15 is 0 Å². The number of hydrogen-bond acceptors (Lipinski definition) is 3. The molecule has 130 valence electrons. The molecule has 0 aliphatic carbocycles. The first-order valence-corrected chi connectivity index (χ1v) is 9.16. The van der Waals surface area contributed by atoms with Gasteiger partial charge in [-0.15, -0.1) is 0 Å². The first kappa shape index (κ1) is 16.8. The van der Waals surface area contributed by atoms with Crippen molar-refractivity contribution in [2.45, 2.75) is 11.8 Å². The second kappa shape index (κ2) is 6.94. The number of aryl methyl sites for hydroxylation is 1. The molecule has 1 N–H and O–H groups in total. The van der Waals surface area contributed by atoms with E-state index < -0.39 is 0 Å². The van der Waals surface area contributed by atoms with Crippen molar-refractivity contribution in [2.24, 2.45) is 0 Å². The number of hydrogen-bond donors (Lipinski definition) is 1. The predicted molar refractivity (Wildman–Crippen MR) is 106 cm³/mol. The minimum atomic E-state index is -0.202. The summed E-state index contributed by atoms with van der Waals surface area (Å²) in [5, 5.41) is 5.22. The summed E-state index contributed by atoms with van der Waals surface area (Å²) in [6.07, 6.45) is 1.70. The fourth-order valence-electron chi connectivity index (χ4n) is 2.98. The Balaban J connectivity index is 1.67. The summed E-state index contributed by atoms with van der Waals surface area (Å²) in [6, 6.07) is 20.0. The van der Waals surface area contributed by atoms with Crippen LogP contribution in [0.2, 0.25) is 0 Å². The maximum atomic E-state index is 13.7. The summed E-state index contributed by atoms with van der Waals surface area (Å²) in [5.74, 6) is -0.202. The molecule has 0 aliphatic rings. The van der Waals surface area contributed by atoms with Gasteiger partial charge >= 0.3 is 0 Å². The van der Waals surface area contributed by atoms with Crippen molar-refractivity contribution in [3.05, 3.63) is 78.2 Å². The second-order valence-corrected chi connectivity index (χ2v) is 7.18. The van der Waals surface area contributed by atoms with Gasteiger partial charge in [0.1, 0.15) is 5.82 Å². The molecule has 26 heavy (non-hydrogen) atoms. The number of fused-ring (bicyclic) bond motifs is 1. The van der Waals surface area contributed by atoms with Crippen LogP contribution >= 0.6 is 11.9 Å². The van der Waals surface area contributed by atoms with Gasteiger partial charge in [0.05, 0.1) is 17.4 Å². The van der Waals surface area contributed by atoms with E-state index in [0.29, 0.717) is 5.56 Å². The SMILES string of the molecule is CNSc1ccc(-c2ccc(-n3ncc4cc(F)c(C)cc43)cc2)cc1. The topological polar surface area (TPSA) is 29.9 Å². The van der Waals surface area contributed by atoms with Gasteiger partial charge in [-0.3, -0.25) is 4.72 Å². The second-order valence-electron chi connectivity index (χ2n) is 6.09. The highest BCUT2D eigenvalue weighted by molar-refractivity contribution is 7.97. The summed E-state index contributed by atoms with van der Waals surface area (Å²) in [5.41, 5.74) is 4.80. The number of benzene rings is 3. The Hall–Kier alpha value is -2.63. The molecule has 1 aromatic heterocycles. The van der Waals surface area contributed by atoms with Gasteiger partial charge in [0.2, 0.25) is 0 Å². The lowest BCUT2D eigenvalue weighted by molar-refractivity contribution is 0.620. The predicted octanol–water partition coefficient (Wildman–Crippen LogP) is 5.37. The maximum absolute atomic E-state index is 13.7. The Morgan fingerprint density at radius 2 is 1.62 bits per heavy atom. The molecule has 4 rings (SSSR count). The zero-order valence-corrected chi connectivity index (χ0v) is 15.3. The molecule has 3 nitrogen and oxygen atoms in total. The Morgan fingerprint density at radius 1 is 0.962 bits per heavy atom. The van der Waals surface area contributed by atoms with E-state index in [1.54, 1.807) is 25.1 Å². The number of nitrogens with zero attached hydrogens (tertiary/aromatic N) is 2. The summed E-state index contributed by atoms with van der Waals surface area (Å²) in [6.45, 7) is 1.77. The van der Waals surface area contributed by atoms with Crippen LogP contribution in [-0.4, -0.2) is 16.8 Å². The third-order valence-corrected chi connectivity index (χ3v) is 5.08. The zero-order chi connectivity index (χ0) is 18.1. The Kier molecular flexibility index (Phi) is 4.49. The Morgan fingerprint density at radius 3 is 2.27 bits per heavy atom. The fourth-order valence-corrected chi connectivity index (χ4v) is 3.49. The van der Waals surface area contributed by atoms with E-state index in [1.807, 2.05) is 29.9 Å². The number of aromatic nitrogens is 2. The summed E-state index contributed by atoms with van der Waals surface area (Å²) in [4.78, 5) is 1.18. The van der Waals surface area contributed by atoms with Crippen LogP contribution < -0.4 is 4.72 Å². The number of halogens is 1. The van der Waals surface area contributed by atoms with Crippen molar-refractivity contribution in [3.8, 4) is 16.8 Å². The quantitative estimate of drug-likeness (QED) is 0.495. The third-order valence-electron chi connectivity index (χ3n) is 4.37. The molecule has 0 saturated carbocycles. The average molecular weight is 363 g/mol. The molecular weight excluding hydrogens is 345 g/mol. The Bertz CT molecular complexity index is 1050. The highest BCUT2D eigenvalue weighted by atomic mass is 32.2. The van der Waals surface area contributed by atoms with Gasteiger partial charge in [0.25, 0.3) is 0 Å². The molecule has 3 aromatic carbocycles. The van der Waals surface area contributed by atoms with Crippen LogP contribution in [-0.2, 0) is 0 Å². The molecule has 0 radical (unpaired) electrons. The first-order valence-electron chi connectivity index (χ1n) is 8.34. The van der Waals surface area contributed by atoms with Gasteiger partial charge in [-0.1, -0.05) is 24.3 Å². The van der Waals surface area contributed by atoms with Gasteiger partial charge < -0.3 is 0 Å². The van der Waals surface area contributed by atoms with Crippen LogP contribution in [0.1, 0.15) is 5.56 Å². The van der Waals surface area contributed by atoms with E-state index in [4.69, 9.17) is 0 Å². The third kappa shape index (κ3) is 3.11. The standard InChI is InChI=1S/C21H18FN3S/c1-14-11-21-17(12-20(14)22)13-24-25(21)18-7-3-15(4-8-18)16-5-9-19(10-6-16)26-23-2/h3-13,23H,1-2H3. The van der Waals surface area contributed by atoms with Gasteiger partial charge in [-0.2, -0.15) is 5.10 Å². The summed E-state index contributed by atoms with van der Waals surface area (Å²) in [7, 11) is 1.91. The molecule has 0 atom stereocenters. The van der Waals surface area contributed by atoms with Crippen molar-refractivity contribution in [1.29, 1.82) is 0 Å². The van der Waals surface area contributed by atoms with Crippen molar-refractivity contribution in [2.75, 3.05) is 7.05 Å². The van der Waals surface area contributed by atoms with Crippen LogP contribution in [0, 0.1) is 12.7 Å². The molecule has 0 aliphatic heterocycles. The van der Waals surface area contributed by atoms with E-state index in [2.05, 4.69) is 46.2 Å². The zero-order valence-electron chi connectivity index (χ0n) is 14.5. The average Bonchev–Trinajstić information content (AvgIpc) is 3.06. The van der Waals surface area contributed by atoms with E-state index in [1.165, 1.54) is 16.5 Å². The molecule has 0 spiro atoms. The van der Waals surface area contributed by atoms with Crippen molar-refractivity contribution in [3.63, 3.8) is 0 Å². The van der Waals surface area contributed by atoms with E-state index in [9.17, 15) is 4.39 Å². The number of nitrogens with one attached hydrogen (secondary N) is 1. The highest BCUT2D eigenvalue weighted by Crippen LogP contribution is 2.26. The van der Waals surface area contributed by atoms with Crippen molar-refractivity contribution < 1.29 is 4.39 Å². The molecule has 5 heteroatoms. The molecule has 1 heterocycles. The molecule has 4 aromatic rings. The lowest BCUT2D eigenvalue weighted by Crippen LogP contribution is -1.96. The largest absolute Gasteiger partial charge is 0.263 e. The summed E-state index contributed by atoms with van der Waals surface area (Å²) >= 11 is 1.59. The minimum absolute atomic E-state index is 0.202. The normalized spacial score (nSPS) is 11.2. The van der Waals surface area contributed by atoms with Crippen LogP contribution in [0.5, 0.6) is 0 Å². The van der Waals surface area contributed by atoms with Gasteiger partial charge in [0, 0.05) is 10.3 Å². The van der Waals surface area contributed by atoms with Crippen LogP contribution in [0.15, 0.2) is 71.8 Å². The lowest BCUT2D eigenvalue weighted by Gasteiger charge is -2.07. The van der Waals surface area contributed by atoms with E-state index in [0.717, 1.165) is 22.2 Å². The Labute approximate surface area is 156 Å². The lowest BCUT2D eigenvalue weighted by atomic mass is 10.1.